The topological polar surface area (TPSA) is 12.0 Å². The summed E-state index contributed by atoms with van der Waals surface area (Å²) in [6, 6.07) is 9.88. The molecule has 1 N–H and O–H groups in total. The molecule has 0 bridgehead atoms. The highest BCUT2D eigenvalue weighted by atomic mass is 28.3. The summed E-state index contributed by atoms with van der Waals surface area (Å²) in [5, 5.41) is 5.20. The van der Waals surface area contributed by atoms with Gasteiger partial charge in [-0.25, -0.2) is 0 Å². The van der Waals surface area contributed by atoms with Crippen molar-refractivity contribution in [1.82, 2.24) is 5.32 Å². The second-order valence-corrected chi connectivity index (χ2v) is 12.2. The number of benzene rings is 1. The second kappa shape index (κ2) is 8.63. The van der Waals surface area contributed by atoms with Crippen LogP contribution in [0.2, 0.25) is 19.6 Å². The number of unbranched alkanes of at least 4 members (excludes halogenated alkanes) is 3. The van der Waals surface area contributed by atoms with E-state index in [1.807, 2.05) is 0 Å². The summed E-state index contributed by atoms with van der Waals surface area (Å²) in [6.45, 7) is 12.8. The number of nitrogens with one attached hydrogen (secondary N) is 1. The smallest absolute Gasteiger partial charge is 0.0775 e. The van der Waals surface area contributed by atoms with Gasteiger partial charge in [-0.15, -0.1) is 0 Å². The van der Waals surface area contributed by atoms with Crippen molar-refractivity contribution in [3.63, 3.8) is 0 Å². The summed E-state index contributed by atoms with van der Waals surface area (Å²) < 4.78 is 0. The first kappa shape index (κ1) is 17.4. The largest absolute Gasteiger partial charge is 0.310 e. The molecule has 0 aliphatic heterocycles. The van der Waals surface area contributed by atoms with E-state index in [-0.39, 0.29) is 0 Å². The lowest BCUT2D eigenvalue weighted by Gasteiger charge is -2.18. The molecule has 2 heteroatoms. The first-order valence-corrected chi connectivity index (χ1v) is 11.8. The fourth-order valence-corrected chi connectivity index (χ4v) is 3.56. The molecule has 0 radical (unpaired) electrons. The molecule has 114 valence electrons. The van der Waals surface area contributed by atoms with Crippen LogP contribution in [0.25, 0.3) is 0 Å². The Hall–Kier alpha value is -0.603. The summed E-state index contributed by atoms with van der Waals surface area (Å²) >= 11 is 0. The van der Waals surface area contributed by atoms with Gasteiger partial charge in [0.2, 0.25) is 0 Å². The van der Waals surface area contributed by atoms with E-state index in [1.165, 1.54) is 37.7 Å². The second-order valence-electron chi connectivity index (χ2n) is 7.08. The quantitative estimate of drug-likeness (QED) is 0.514. The van der Waals surface area contributed by atoms with E-state index < -0.39 is 8.07 Å². The van der Waals surface area contributed by atoms with Crippen molar-refractivity contribution in [3.05, 3.63) is 29.8 Å². The van der Waals surface area contributed by atoms with E-state index in [4.69, 9.17) is 0 Å². The molecule has 1 atom stereocenters. The van der Waals surface area contributed by atoms with Gasteiger partial charge in [0.25, 0.3) is 0 Å². The molecule has 0 saturated carbocycles. The Kier molecular flexibility index (Phi) is 7.53. The van der Waals surface area contributed by atoms with Gasteiger partial charge in [0.05, 0.1) is 8.07 Å². The normalized spacial score (nSPS) is 13.4. The molecule has 0 spiro atoms. The molecule has 1 aromatic rings. The predicted molar refractivity (Wildman–Crippen MR) is 94.5 cm³/mol. The molecular weight excluding hydrogens is 258 g/mol. The van der Waals surface area contributed by atoms with Crippen LogP contribution in [0.15, 0.2) is 24.3 Å². The SMILES string of the molecule is CCCCCCC(C)NCc1ccc([Si](C)(C)C)cc1. The minimum atomic E-state index is -1.15. The average molecular weight is 292 g/mol. The van der Waals surface area contributed by atoms with Gasteiger partial charge in [0.1, 0.15) is 0 Å². The number of rotatable bonds is 9. The monoisotopic (exact) mass is 291 g/mol. The van der Waals surface area contributed by atoms with Gasteiger partial charge >= 0.3 is 0 Å². The zero-order valence-electron chi connectivity index (χ0n) is 14.1. The molecule has 0 aromatic heterocycles. The molecule has 1 aromatic carbocycles. The van der Waals surface area contributed by atoms with Crippen molar-refractivity contribution in [1.29, 1.82) is 0 Å². The summed E-state index contributed by atoms with van der Waals surface area (Å²) in [6.07, 6.45) is 6.74. The molecular formula is C18H33NSi. The molecule has 20 heavy (non-hydrogen) atoms. The Labute approximate surface area is 127 Å². The fraction of sp³-hybridized carbons (Fsp3) is 0.667. The van der Waals surface area contributed by atoms with Crippen LogP contribution in [0, 0.1) is 0 Å². The minimum absolute atomic E-state index is 0.628. The van der Waals surface area contributed by atoms with Crippen LogP contribution in [-0.4, -0.2) is 14.1 Å². The molecule has 1 nitrogen and oxygen atoms in total. The third kappa shape index (κ3) is 6.71. The van der Waals surface area contributed by atoms with Gasteiger partial charge in [-0.05, 0) is 18.9 Å². The van der Waals surface area contributed by atoms with E-state index in [1.54, 1.807) is 5.19 Å². The summed E-state index contributed by atoms with van der Waals surface area (Å²) in [5.41, 5.74) is 1.41. The molecule has 0 heterocycles. The Bertz CT molecular complexity index is 364. The maximum absolute atomic E-state index is 3.65. The molecule has 1 rings (SSSR count). The van der Waals surface area contributed by atoms with Crippen molar-refractivity contribution in [3.8, 4) is 0 Å². The molecule has 0 fully saturated rings. The van der Waals surface area contributed by atoms with E-state index in [0.29, 0.717) is 6.04 Å². The van der Waals surface area contributed by atoms with Crippen LogP contribution in [0.4, 0.5) is 0 Å². The van der Waals surface area contributed by atoms with Crippen molar-refractivity contribution in [2.45, 2.75) is 78.2 Å². The fourth-order valence-electron chi connectivity index (χ4n) is 2.39. The van der Waals surface area contributed by atoms with Gasteiger partial charge in [0.15, 0.2) is 0 Å². The third-order valence-electron chi connectivity index (χ3n) is 3.97. The van der Waals surface area contributed by atoms with Gasteiger partial charge in [-0.3, -0.25) is 0 Å². The highest BCUT2D eigenvalue weighted by Crippen LogP contribution is 2.07. The minimum Gasteiger partial charge on any atom is -0.310 e. The summed E-state index contributed by atoms with van der Waals surface area (Å²) in [7, 11) is -1.15. The highest BCUT2D eigenvalue weighted by molar-refractivity contribution is 6.88. The molecule has 0 aliphatic carbocycles. The van der Waals surface area contributed by atoms with Crippen LogP contribution in [0.3, 0.4) is 0 Å². The molecule has 0 aliphatic rings. The standard InChI is InChI=1S/C18H33NSi/c1-6-7-8-9-10-16(2)19-15-17-11-13-18(14-12-17)20(3,4)5/h11-14,16,19H,6-10,15H2,1-5H3. The molecule has 0 amide bonds. The highest BCUT2D eigenvalue weighted by Gasteiger charge is 2.15. The lowest BCUT2D eigenvalue weighted by molar-refractivity contribution is 0.483. The summed E-state index contributed by atoms with van der Waals surface area (Å²) in [5.74, 6) is 0. The average Bonchev–Trinajstić information content (AvgIpc) is 2.41. The number of hydrogen-bond donors (Lipinski definition) is 1. The van der Waals surface area contributed by atoms with Gasteiger partial charge < -0.3 is 5.32 Å². The van der Waals surface area contributed by atoms with Crippen LogP contribution in [-0.2, 0) is 6.54 Å². The van der Waals surface area contributed by atoms with Crippen LogP contribution >= 0.6 is 0 Å². The van der Waals surface area contributed by atoms with E-state index in [2.05, 4.69) is 63.1 Å². The van der Waals surface area contributed by atoms with Crippen molar-refractivity contribution < 1.29 is 0 Å². The lowest BCUT2D eigenvalue weighted by atomic mass is 10.1. The third-order valence-corrected chi connectivity index (χ3v) is 6.03. The van der Waals surface area contributed by atoms with E-state index in [0.717, 1.165) is 6.54 Å². The van der Waals surface area contributed by atoms with Gasteiger partial charge in [-0.1, -0.05) is 81.7 Å². The Morgan fingerprint density at radius 1 is 1.00 bits per heavy atom. The zero-order chi connectivity index (χ0) is 15.0. The lowest BCUT2D eigenvalue weighted by Crippen LogP contribution is -2.37. The Morgan fingerprint density at radius 3 is 2.20 bits per heavy atom. The van der Waals surface area contributed by atoms with Crippen LogP contribution in [0.1, 0.15) is 51.5 Å². The van der Waals surface area contributed by atoms with Crippen molar-refractivity contribution in [2.24, 2.45) is 0 Å². The summed E-state index contributed by atoms with van der Waals surface area (Å²) in [4.78, 5) is 0. The zero-order valence-corrected chi connectivity index (χ0v) is 15.1. The van der Waals surface area contributed by atoms with Gasteiger partial charge in [-0.2, -0.15) is 0 Å². The molecule has 0 saturated heterocycles. The number of hydrogen-bond acceptors (Lipinski definition) is 1. The Morgan fingerprint density at radius 2 is 1.65 bits per heavy atom. The van der Waals surface area contributed by atoms with Crippen molar-refractivity contribution in [2.75, 3.05) is 0 Å². The maximum atomic E-state index is 3.65. The first-order chi connectivity index (χ1) is 9.43. The van der Waals surface area contributed by atoms with Crippen molar-refractivity contribution >= 4 is 13.3 Å². The van der Waals surface area contributed by atoms with Crippen LogP contribution in [0.5, 0.6) is 0 Å². The Balaban J connectivity index is 2.31. The first-order valence-electron chi connectivity index (χ1n) is 8.26. The van der Waals surface area contributed by atoms with E-state index >= 15 is 0 Å². The van der Waals surface area contributed by atoms with Crippen LogP contribution < -0.4 is 10.5 Å². The maximum Gasteiger partial charge on any atom is 0.0775 e. The van der Waals surface area contributed by atoms with Gasteiger partial charge in [0, 0.05) is 12.6 Å². The predicted octanol–water partition coefficient (Wildman–Crippen LogP) is 4.68. The van der Waals surface area contributed by atoms with E-state index in [9.17, 15) is 0 Å². The molecule has 1 unspecified atom stereocenters.